The number of piperidine rings is 2. The maximum atomic E-state index is 12.5. The van der Waals surface area contributed by atoms with Gasteiger partial charge in [-0.3, -0.25) is 9.59 Å². The van der Waals surface area contributed by atoms with Gasteiger partial charge in [-0.25, -0.2) is 0 Å². The highest BCUT2D eigenvalue weighted by atomic mass is 16.3. The minimum Gasteiger partial charge on any atom is -0.459 e. The van der Waals surface area contributed by atoms with Gasteiger partial charge in [0.05, 0.1) is 6.26 Å². The molecule has 1 aromatic rings. The van der Waals surface area contributed by atoms with Crippen LogP contribution in [0.1, 0.15) is 49.6 Å². The van der Waals surface area contributed by atoms with Crippen molar-refractivity contribution < 1.29 is 14.0 Å². The molecule has 0 saturated carbocycles. The Labute approximate surface area is 149 Å². The number of amides is 2. The van der Waals surface area contributed by atoms with Crippen molar-refractivity contribution in [3.63, 3.8) is 0 Å². The number of likely N-dealkylation sites (tertiary alicyclic amines) is 2. The third-order valence-corrected chi connectivity index (χ3v) is 5.37. The molecular weight excluding hydrogens is 318 g/mol. The van der Waals surface area contributed by atoms with E-state index in [-0.39, 0.29) is 17.9 Å². The average Bonchev–Trinajstić information content (AvgIpc) is 3.17. The largest absolute Gasteiger partial charge is 0.459 e. The first-order chi connectivity index (χ1) is 12.1. The average molecular weight is 347 g/mol. The topological polar surface area (TPSA) is 57.0 Å². The Kier molecular flexibility index (Phi) is 6.13. The number of carbonyl (C=O) groups is 2. The lowest BCUT2D eigenvalue weighted by Gasteiger charge is -2.40. The molecule has 6 nitrogen and oxygen atoms in total. The SMILES string of the molecule is CC(=O)N(CCN1CCCCC1)C1CCCN(C(=O)c2ccco2)C1. The van der Waals surface area contributed by atoms with Gasteiger partial charge < -0.3 is 19.1 Å². The lowest BCUT2D eigenvalue weighted by Crippen LogP contribution is -2.53. The molecule has 0 radical (unpaired) electrons. The number of hydrogen-bond acceptors (Lipinski definition) is 4. The van der Waals surface area contributed by atoms with E-state index in [2.05, 4.69) is 4.90 Å². The van der Waals surface area contributed by atoms with E-state index >= 15 is 0 Å². The van der Waals surface area contributed by atoms with Crippen LogP contribution in [0.5, 0.6) is 0 Å². The van der Waals surface area contributed by atoms with Crippen LogP contribution in [0.25, 0.3) is 0 Å². The van der Waals surface area contributed by atoms with E-state index in [1.807, 2.05) is 9.80 Å². The summed E-state index contributed by atoms with van der Waals surface area (Å²) in [6.07, 6.45) is 7.24. The quantitative estimate of drug-likeness (QED) is 0.819. The number of carbonyl (C=O) groups excluding carboxylic acids is 2. The summed E-state index contributed by atoms with van der Waals surface area (Å²) in [5, 5.41) is 0. The molecule has 0 aromatic carbocycles. The first-order valence-corrected chi connectivity index (χ1v) is 9.47. The number of hydrogen-bond donors (Lipinski definition) is 0. The van der Waals surface area contributed by atoms with E-state index in [0.717, 1.165) is 45.6 Å². The van der Waals surface area contributed by atoms with Gasteiger partial charge >= 0.3 is 0 Å². The van der Waals surface area contributed by atoms with Gasteiger partial charge in [-0.1, -0.05) is 6.42 Å². The standard InChI is InChI=1S/C19H29N3O3/c1-16(23)22(13-12-20-9-3-2-4-10-20)17-7-5-11-21(15-17)19(24)18-8-6-14-25-18/h6,8,14,17H,2-5,7,9-13,15H2,1H3. The second-order valence-electron chi connectivity index (χ2n) is 7.14. The molecule has 2 aliphatic heterocycles. The lowest BCUT2D eigenvalue weighted by atomic mass is 10.0. The lowest BCUT2D eigenvalue weighted by molar-refractivity contribution is -0.132. The fourth-order valence-corrected chi connectivity index (χ4v) is 3.98. The first kappa shape index (κ1) is 18.0. The fraction of sp³-hybridized carbons (Fsp3) is 0.684. The van der Waals surface area contributed by atoms with E-state index in [0.29, 0.717) is 12.3 Å². The van der Waals surface area contributed by atoms with Crippen LogP contribution in [0.2, 0.25) is 0 Å². The van der Waals surface area contributed by atoms with E-state index in [4.69, 9.17) is 4.42 Å². The molecule has 1 atom stereocenters. The summed E-state index contributed by atoms with van der Waals surface area (Å²) in [6, 6.07) is 3.54. The van der Waals surface area contributed by atoms with Crippen molar-refractivity contribution in [2.45, 2.75) is 45.1 Å². The molecule has 1 unspecified atom stereocenters. The van der Waals surface area contributed by atoms with Crippen molar-refractivity contribution in [2.75, 3.05) is 39.3 Å². The first-order valence-electron chi connectivity index (χ1n) is 9.47. The highest BCUT2D eigenvalue weighted by Gasteiger charge is 2.30. The Bertz CT molecular complexity index is 566. The molecule has 138 valence electrons. The number of rotatable bonds is 5. The zero-order valence-corrected chi connectivity index (χ0v) is 15.2. The second-order valence-corrected chi connectivity index (χ2v) is 7.14. The highest BCUT2D eigenvalue weighted by molar-refractivity contribution is 5.91. The van der Waals surface area contributed by atoms with Gasteiger partial charge in [0.2, 0.25) is 5.91 Å². The normalized spacial score (nSPS) is 22.0. The second kappa shape index (κ2) is 8.52. The van der Waals surface area contributed by atoms with Gasteiger partial charge in [0, 0.05) is 39.1 Å². The van der Waals surface area contributed by atoms with Gasteiger partial charge in [0.15, 0.2) is 5.76 Å². The van der Waals surface area contributed by atoms with Gasteiger partial charge in [0.25, 0.3) is 5.91 Å². The van der Waals surface area contributed by atoms with E-state index in [1.165, 1.54) is 25.5 Å². The monoisotopic (exact) mass is 347 g/mol. The summed E-state index contributed by atoms with van der Waals surface area (Å²) in [5.41, 5.74) is 0. The fourth-order valence-electron chi connectivity index (χ4n) is 3.98. The summed E-state index contributed by atoms with van der Waals surface area (Å²) in [7, 11) is 0. The molecule has 3 rings (SSSR count). The maximum absolute atomic E-state index is 12.5. The van der Waals surface area contributed by atoms with Crippen LogP contribution < -0.4 is 0 Å². The van der Waals surface area contributed by atoms with Crippen molar-refractivity contribution in [1.82, 2.24) is 14.7 Å². The van der Waals surface area contributed by atoms with Gasteiger partial charge in [0.1, 0.15) is 0 Å². The van der Waals surface area contributed by atoms with Crippen LogP contribution >= 0.6 is 0 Å². The van der Waals surface area contributed by atoms with Crippen molar-refractivity contribution in [3.8, 4) is 0 Å². The number of nitrogens with zero attached hydrogens (tertiary/aromatic N) is 3. The molecule has 0 spiro atoms. The molecular formula is C19H29N3O3. The third kappa shape index (κ3) is 4.63. The van der Waals surface area contributed by atoms with Crippen molar-refractivity contribution in [3.05, 3.63) is 24.2 Å². The third-order valence-electron chi connectivity index (χ3n) is 5.37. The van der Waals surface area contributed by atoms with Crippen LogP contribution in [0, 0.1) is 0 Å². The Balaban J connectivity index is 1.58. The zero-order valence-electron chi connectivity index (χ0n) is 15.2. The number of furan rings is 1. The molecule has 0 bridgehead atoms. The molecule has 6 heteroatoms. The molecule has 3 heterocycles. The van der Waals surface area contributed by atoms with E-state index in [1.54, 1.807) is 19.1 Å². The van der Waals surface area contributed by atoms with Crippen LogP contribution in [-0.4, -0.2) is 71.8 Å². The summed E-state index contributed by atoms with van der Waals surface area (Å²) >= 11 is 0. The van der Waals surface area contributed by atoms with Crippen molar-refractivity contribution >= 4 is 11.8 Å². The van der Waals surface area contributed by atoms with E-state index in [9.17, 15) is 9.59 Å². The predicted octanol–water partition coefficient (Wildman–Crippen LogP) is 2.22. The van der Waals surface area contributed by atoms with E-state index < -0.39 is 0 Å². The Morgan fingerprint density at radius 3 is 2.68 bits per heavy atom. The Morgan fingerprint density at radius 2 is 2.00 bits per heavy atom. The van der Waals surface area contributed by atoms with Crippen LogP contribution in [0.4, 0.5) is 0 Å². The van der Waals surface area contributed by atoms with Gasteiger partial charge in [-0.15, -0.1) is 0 Å². The maximum Gasteiger partial charge on any atom is 0.289 e. The highest BCUT2D eigenvalue weighted by Crippen LogP contribution is 2.19. The Morgan fingerprint density at radius 1 is 1.20 bits per heavy atom. The van der Waals surface area contributed by atoms with Crippen LogP contribution in [-0.2, 0) is 4.79 Å². The molecule has 0 N–H and O–H groups in total. The van der Waals surface area contributed by atoms with Crippen molar-refractivity contribution in [1.29, 1.82) is 0 Å². The zero-order chi connectivity index (χ0) is 17.6. The minimum atomic E-state index is -0.0748. The molecule has 2 fully saturated rings. The summed E-state index contributed by atoms with van der Waals surface area (Å²) in [5.74, 6) is 0.409. The van der Waals surface area contributed by atoms with Crippen LogP contribution in [0.3, 0.4) is 0 Å². The molecule has 0 aliphatic carbocycles. The Hall–Kier alpha value is -1.82. The smallest absolute Gasteiger partial charge is 0.289 e. The summed E-state index contributed by atoms with van der Waals surface area (Å²) in [6.45, 7) is 6.93. The molecule has 25 heavy (non-hydrogen) atoms. The summed E-state index contributed by atoms with van der Waals surface area (Å²) < 4.78 is 5.24. The van der Waals surface area contributed by atoms with Gasteiger partial charge in [-0.2, -0.15) is 0 Å². The molecule has 2 saturated heterocycles. The predicted molar refractivity (Wildman–Crippen MR) is 95.3 cm³/mol. The summed E-state index contributed by atoms with van der Waals surface area (Å²) in [4.78, 5) is 31.0. The molecule has 2 amide bonds. The molecule has 2 aliphatic rings. The minimum absolute atomic E-state index is 0.0748. The van der Waals surface area contributed by atoms with Crippen LogP contribution in [0.15, 0.2) is 22.8 Å². The van der Waals surface area contributed by atoms with Gasteiger partial charge in [-0.05, 0) is 50.9 Å². The molecule has 1 aromatic heterocycles. The van der Waals surface area contributed by atoms with Crippen molar-refractivity contribution in [2.24, 2.45) is 0 Å².